The van der Waals surface area contributed by atoms with Gasteiger partial charge in [-0.1, -0.05) is 25.4 Å². The number of nitrogens with one attached hydrogen (secondary N) is 1. The van der Waals surface area contributed by atoms with Gasteiger partial charge in [-0.3, -0.25) is 4.79 Å². The van der Waals surface area contributed by atoms with Gasteiger partial charge in [-0.2, -0.15) is 0 Å². The Hall–Kier alpha value is -0.330. The molecule has 0 heterocycles. The topological polar surface area (TPSA) is 32.3 Å². The van der Waals surface area contributed by atoms with E-state index in [4.69, 9.17) is 11.6 Å². The average Bonchev–Trinajstić information content (AvgIpc) is 2.30. The smallest absolute Gasteiger partial charge is 0.251 e. The number of likely N-dealkylation sites (N-methyl/N-ethyl adjacent to an activating group) is 1. The monoisotopic (exact) mass is 408 g/mol. The molecule has 0 saturated carbocycles. The van der Waals surface area contributed by atoms with Crippen molar-refractivity contribution in [3.63, 3.8) is 0 Å². The molecular weight excluding hydrogens is 387 g/mol. The largest absolute Gasteiger partial charge is 0.348 e. The van der Waals surface area contributed by atoms with Crippen LogP contribution >= 0.6 is 34.2 Å². The third-order valence-electron chi connectivity index (χ3n) is 2.86. The Balaban J connectivity index is 2.76. The summed E-state index contributed by atoms with van der Waals surface area (Å²) in [5, 5.41) is 3.72. The zero-order valence-corrected chi connectivity index (χ0v) is 15.3. The number of rotatable bonds is 6. The highest BCUT2D eigenvalue weighted by Crippen LogP contribution is 2.19. The summed E-state index contributed by atoms with van der Waals surface area (Å²) in [5.74, 6) is 0.483. The number of halogens is 2. The van der Waals surface area contributed by atoms with Gasteiger partial charge in [0.15, 0.2) is 0 Å². The highest BCUT2D eigenvalue weighted by Gasteiger charge is 2.16. The van der Waals surface area contributed by atoms with Crippen LogP contribution in [0.5, 0.6) is 0 Å². The minimum absolute atomic E-state index is 0.0594. The van der Waals surface area contributed by atoms with Gasteiger partial charge < -0.3 is 10.2 Å². The van der Waals surface area contributed by atoms with Crippen LogP contribution < -0.4 is 5.32 Å². The molecule has 0 aliphatic carbocycles. The summed E-state index contributed by atoms with van der Waals surface area (Å²) in [6, 6.07) is 5.54. The van der Waals surface area contributed by atoms with Crippen molar-refractivity contribution in [1.82, 2.24) is 10.2 Å². The van der Waals surface area contributed by atoms with Crippen LogP contribution in [-0.2, 0) is 0 Å². The summed E-state index contributed by atoms with van der Waals surface area (Å²) in [5.41, 5.74) is 0.614. The van der Waals surface area contributed by atoms with Gasteiger partial charge in [-0.25, -0.2) is 0 Å². The first kappa shape index (κ1) is 17.7. The second kappa shape index (κ2) is 8.20. The molecule has 20 heavy (non-hydrogen) atoms. The van der Waals surface area contributed by atoms with Crippen LogP contribution in [0.15, 0.2) is 18.2 Å². The van der Waals surface area contributed by atoms with Gasteiger partial charge in [0.25, 0.3) is 5.91 Å². The normalized spacial score (nSPS) is 12.8. The Morgan fingerprint density at radius 2 is 2.05 bits per heavy atom. The molecule has 3 nitrogen and oxygen atoms in total. The van der Waals surface area contributed by atoms with Crippen molar-refractivity contribution in [2.45, 2.75) is 26.3 Å². The van der Waals surface area contributed by atoms with Gasteiger partial charge in [-0.15, -0.1) is 0 Å². The van der Waals surface area contributed by atoms with Gasteiger partial charge >= 0.3 is 0 Å². The molecule has 0 fully saturated rings. The van der Waals surface area contributed by atoms with E-state index in [0.29, 0.717) is 16.5 Å². The van der Waals surface area contributed by atoms with E-state index in [0.717, 1.165) is 16.5 Å². The van der Waals surface area contributed by atoms with Crippen molar-refractivity contribution < 1.29 is 4.79 Å². The second-order valence-electron chi connectivity index (χ2n) is 5.69. The van der Waals surface area contributed by atoms with Crippen LogP contribution in [-0.4, -0.2) is 37.5 Å². The second-order valence-corrected chi connectivity index (χ2v) is 7.26. The van der Waals surface area contributed by atoms with E-state index < -0.39 is 0 Å². The van der Waals surface area contributed by atoms with Gasteiger partial charge in [0, 0.05) is 21.7 Å². The molecule has 0 saturated heterocycles. The molecular formula is C15H22ClIN2O. The van der Waals surface area contributed by atoms with Crippen molar-refractivity contribution >= 4 is 40.1 Å². The van der Waals surface area contributed by atoms with Crippen molar-refractivity contribution in [3.05, 3.63) is 32.4 Å². The summed E-state index contributed by atoms with van der Waals surface area (Å²) >= 11 is 8.22. The van der Waals surface area contributed by atoms with Crippen molar-refractivity contribution in [2.75, 3.05) is 20.6 Å². The lowest BCUT2D eigenvalue weighted by Crippen LogP contribution is -2.42. The number of hydrogen-bond donors (Lipinski definition) is 1. The van der Waals surface area contributed by atoms with Gasteiger partial charge in [0.05, 0.1) is 5.02 Å². The van der Waals surface area contributed by atoms with Crippen LogP contribution in [0.4, 0.5) is 0 Å². The summed E-state index contributed by atoms with van der Waals surface area (Å²) in [7, 11) is 4.03. The summed E-state index contributed by atoms with van der Waals surface area (Å²) in [6.45, 7) is 5.16. The molecule has 0 aliphatic rings. The first-order valence-corrected chi connectivity index (χ1v) is 8.16. The number of carbonyl (C=O) groups is 1. The molecule has 0 bridgehead atoms. The van der Waals surface area contributed by atoms with Crippen LogP contribution in [0.25, 0.3) is 0 Å². The lowest BCUT2D eigenvalue weighted by atomic mass is 10.0. The lowest BCUT2D eigenvalue weighted by molar-refractivity contribution is 0.0924. The van der Waals surface area contributed by atoms with E-state index in [-0.39, 0.29) is 11.9 Å². The molecule has 0 aromatic heterocycles. The molecule has 1 aromatic rings. The fourth-order valence-corrected chi connectivity index (χ4v) is 2.61. The quantitative estimate of drug-likeness (QED) is 0.729. The maximum atomic E-state index is 12.3. The zero-order chi connectivity index (χ0) is 15.3. The summed E-state index contributed by atoms with van der Waals surface area (Å²) in [4.78, 5) is 14.4. The molecule has 0 aliphatic heterocycles. The zero-order valence-electron chi connectivity index (χ0n) is 12.4. The van der Waals surface area contributed by atoms with Crippen LogP contribution in [0, 0.1) is 9.49 Å². The van der Waals surface area contributed by atoms with Gasteiger partial charge in [0.1, 0.15) is 0 Å². The first-order chi connectivity index (χ1) is 9.29. The highest BCUT2D eigenvalue weighted by atomic mass is 127. The molecule has 0 radical (unpaired) electrons. The Morgan fingerprint density at radius 1 is 1.40 bits per heavy atom. The van der Waals surface area contributed by atoms with E-state index in [1.165, 1.54) is 0 Å². The molecule has 1 unspecified atom stereocenters. The first-order valence-electron chi connectivity index (χ1n) is 6.70. The number of hydrogen-bond acceptors (Lipinski definition) is 2. The van der Waals surface area contributed by atoms with Gasteiger partial charge in [-0.05, 0) is 67.2 Å². The molecule has 1 N–H and O–H groups in total. The Bertz CT molecular complexity index is 453. The van der Waals surface area contributed by atoms with Crippen molar-refractivity contribution in [2.24, 2.45) is 5.92 Å². The summed E-state index contributed by atoms with van der Waals surface area (Å²) < 4.78 is 0.952. The Morgan fingerprint density at radius 3 is 2.55 bits per heavy atom. The fraction of sp³-hybridized carbons (Fsp3) is 0.533. The van der Waals surface area contributed by atoms with Crippen LogP contribution in [0.2, 0.25) is 5.02 Å². The lowest BCUT2D eigenvalue weighted by Gasteiger charge is -2.24. The Labute approximate surface area is 140 Å². The SMILES string of the molecule is CC(C)CC(CN(C)C)NC(=O)c1ccc(I)c(Cl)c1. The van der Waals surface area contributed by atoms with E-state index >= 15 is 0 Å². The highest BCUT2D eigenvalue weighted by molar-refractivity contribution is 14.1. The maximum Gasteiger partial charge on any atom is 0.251 e. The fourth-order valence-electron chi connectivity index (χ4n) is 2.10. The number of benzene rings is 1. The average molecular weight is 409 g/mol. The van der Waals surface area contributed by atoms with Crippen molar-refractivity contribution in [3.8, 4) is 0 Å². The van der Waals surface area contributed by atoms with E-state index in [9.17, 15) is 4.79 Å². The number of amides is 1. The predicted octanol–water partition coefficient (Wildman–Crippen LogP) is 3.65. The molecule has 1 amide bonds. The minimum atomic E-state index is -0.0594. The van der Waals surface area contributed by atoms with Crippen LogP contribution in [0.1, 0.15) is 30.6 Å². The summed E-state index contributed by atoms with van der Waals surface area (Å²) in [6.07, 6.45) is 0.960. The molecule has 0 spiro atoms. The van der Waals surface area contributed by atoms with E-state index in [1.54, 1.807) is 6.07 Å². The standard InChI is InChI=1S/C15H22ClIN2O/c1-10(2)7-12(9-19(3)4)18-15(20)11-5-6-14(17)13(16)8-11/h5-6,8,10,12H,7,9H2,1-4H3,(H,18,20). The third kappa shape index (κ3) is 5.97. The van der Waals surface area contributed by atoms with E-state index in [1.807, 2.05) is 26.2 Å². The molecule has 112 valence electrons. The number of carbonyl (C=O) groups excluding carboxylic acids is 1. The molecule has 1 aromatic carbocycles. The number of nitrogens with zero attached hydrogens (tertiary/aromatic N) is 1. The van der Waals surface area contributed by atoms with Gasteiger partial charge in [0.2, 0.25) is 0 Å². The Kier molecular flexibility index (Phi) is 7.26. The molecule has 1 atom stereocenters. The van der Waals surface area contributed by atoms with Crippen LogP contribution in [0.3, 0.4) is 0 Å². The molecule has 5 heteroatoms. The van der Waals surface area contributed by atoms with E-state index in [2.05, 4.69) is 46.7 Å². The minimum Gasteiger partial charge on any atom is -0.348 e. The maximum absolute atomic E-state index is 12.3. The van der Waals surface area contributed by atoms with Crippen molar-refractivity contribution in [1.29, 1.82) is 0 Å². The third-order valence-corrected chi connectivity index (χ3v) is 4.43. The molecule has 1 rings (SSSR count). The predicted molar refractivity (Wildman–Crippen MR) is 93.4 cm³/mol.